The summed E-state index contributed by atoms with van der Waals surface area (Å²) in [6, 6.07) is 4.47. The molecular weight excluding hydrogens is 213 g/mol. The van der Waals surface area contributed by atoms with Crippen molar-refractivity contribution in [2.45, 2.75) is 12.7 Å². The van der Waals surface area contributed by atoms with Gasteiger partial charge in [-0.05, 0) is 29.4 Å². The van der Waals surface area contributed by atoms with E-state index in [2.05, 4.69) is 0 Å². The number of nitrogens with two attached hydrogens (primary N) is 1. The fourth-order valence-corrected chi connectivity index (χ4v) is 2.23. The molecule has 0 aromatic heterocycles. The highest BCUT2D eigenvalue weighted by Gasteiger charge is 2.03. The van der Waals surface area contributed by atoms with E-state index in [1.807, 2.05) is 6.92 Å². The third-order valence-corrected chi connectivity index (χ3v) is 3.40. The molecule has 15 heavy (non-hydrogen) atoms. The van der Waals surface area contributed by atoms with Gasteiger partial charge in [-0.15, -0.1) is 0 Å². The molecule has 1 unspecified atom stereocenters. The van der Waals surface area contributed by atoms with Crippen molar-refractivity contribution in [2.24, 2.45) is 5.92 Å². The molecule has 4 heteroatoms. The summed E-state index contributed by atoms with van der Waals surface area (Å²) in [5.41, 5.74) is 7.12. The van der Waals surface area contributed by atoms with E-state index in [4.69, 9.17) is 10.8 Å². The Bertz CT molecular complexity index is 319. The summed E-state index contributed by atoms with van der Waals surface area (Å²) in [4.78, 5) is 0. The Morgan fingerprint density at radius 2 is 2.27 bits per heavy atom. The second kappa shape index (κ2) is 5.98. The Morgan fingerprint density at radius 1 is 1.53 bits per heavy atom. The molecule has 1 aromatic carbocycles. The summed E-state index contributed by atoms with van der Waals surface area (Å²) >= 11 is 1.70. The Balaban J connectivity index is 2.44. The summed E-state index contributed by atoms with van der Waals surface area (Å²) in [6.45, 7) is 2.19. The first-order chi connectivity index (χ1) is 7.13. The first-order valence-electron chi connectivity index (χ1n) is 4.86. The van der Waals surface area contributed by atoms with Crippen molar-refractivity contribution < 1.29 is 9.50 Å². The lowest BCUT2D eigenvalue weighted by molar-refractivity contribution is 0.250. The third kappa shape index (κ3) is 4.10. The van der Waals surface area contributed by atoms with Crippen LogP contribution >= 0.6 is 11.8 Å². The van der Waals surface area contributed by atoms with Crippen LogP contribution in [0.15, 0.2) is 18.2 Å². The van der Waals surface area contributed by atoms with E-state index in [9.17, 15) is 4.39 Å². The quantitative estimate of drug-likeness (QED) is 0.761. The number of thioether (sulfide) groups is 1. The van der Waals surface area contributed by atoms with Crippen molar-refractivity contribution in [1.82, 2.24) is 0 Å². The van der Waals surface area contributed by atoms with Crippen LogP contribution in [0.2, 0.25) is 0 Å². The predicted octanol–water partition coefficient (Wildman–Crippen LogP) is 2.27. The minimum atomic E-state index is -0.301. The van der Waals surface area contributed by atoms with E-state index in [1.165, 1.54) is 12.1 Å². The number of benzene rings is 1. The van der Waals surface area contributed by atoms with Crippen LogP contribution in [-0.2, 0) is 5.75 Å². The van der Waals surface area contributed by atoms with Crippen molar-refractivity contribution in [3.8, 4) is 0 Å². The molecule has 1 atom stereocenters. The molecule has 0 spiro atoms. The van der Waals surface area contributed by atoms with E-state index < -0.39 is 0 Å². The number of rotatable bonds is 5. The molecule has 0 saturated carbocycles. The molecule has 0 aliphatic rings. The number of anilines is 1. The Labute approximate surface area is 93.7 Å². The molecule has 2 nitrogen and oxygen atoms in total. The Hall–Kier alpha value is -0.740. The van der Waals surface area contributed by atoms with Crippen LogP contribution in [0.4, 0.5) is 10.1 Å². The number of nitrogen functional groups attached to an aromatic ring is 1. The first kappa shape index (κ1) is 12.3. The van der Waals surface area contributed by atoms with Gasteiger partial charge in [0.05, 0.1) is 0 Å². The minimum Gasteiger partial charge on any atom is -0.398 e. The van der Waals surface area contributed by atoms with E-state index in [1.54, 1.807) is 17.8 Å². The topological polar surface area (TPSA) is 46.2 Å². The van der Waals surface area contributed by atoms with Crippen LogP contribution < -0.4 is 5.73 Å². The Morgan fingerprint density at radius 3 is 2.87 bits per heavy atom. The molecule has 3 N–H and O–H groups in total. The van der Waals surface area contributed by atoms with E-state index in [0.717, 1.165) is 17.1 Å². The average molecular weight is 229 g/mol. The van der Waals surface area contributed by atoms with Gasteiger partial charge in [-0.2, -0.15) is 11.8 Å². The fraction of sp³-hybridized carbons (Fsp3) is 0.455. The lowest BCUT2D eigenvalue weighted by Gasteiger charge is -2.08. The van der Waals surface area contributed by atoms with E-state index in [0.29, 0.717) is 5.69 Å². The van der Waals surface area contributed by atoms with Gasteiger partial charge in [0.25, 0.3) is 0 Å². The van der Waals surface area contributed by atoms with Crippen LogP contribution in [0.1, 0.15) is 12.5 Å². The molecule has 1 rings (SSSR count). The highest BCUT2D eigenvalue weighted by Crippen LogP contribution is 2.21. The number of aliphatic hydroxyl groups excluding tert-OH is 1. The first-order valence-corrected chi connectivity index (χ1v) is 6.01. The SMILES string of the molecule is CC(CO)CSCc1ccc(F)cc1N. The number of hydrogen-bond acceptors (Lipinski definition) is 3. The van der Waals surface area contributed by atoms with E-state index >= 15 is 0 Å². The van der Waals surface area contributed by atoms with E-state index in [-0.39, 0.29) is 18.3 Å². The molecule has 0 bridgehead atoms. The molecule has 84 valence electrons. The van der Waals surface area contributed by atoms with Crippen molar-refractivity contribution in [3.63, 3.8) is 0 Å². The monoisotopic (exact) mass is 229 g/mol. The Kier molecular flexibility index (Phi) is 4.91. The number of halogens is 1. The van der Waals surface area contributed by atoms with Gasteiger partial charge >= 0.3 is 0 Å². The molecule has 0 saturated heterocycles. The standard InChI is InChI=1S/C11H16FNOS/c1-8(5-14)6-15-7-9-2-3-10(12)4-11(9)13/h2-4,8,14H,5-7,13H2,1H3. The molecule has 0 aliphatic carbocycles. The van der Waals surface area contributed by atoms with Crippen LogP contribution in [0.25, 0.3) is 0 Å². The molecule has 0 aliphatic heterocycles. The summed E-state index contributed by atoms with van der Waals surface area (Å²) in [6.07, 6.45) is 0. The van der Waals surface area contributed by atoms with Gasteiger partial charge in [-0.1, -0.05) is 13.0 Å². The second-order valence-corrected chi connectivity index (χ2v) is 4.68. The molecule has 0 radical (unpaired) electrons. The zero-order chi connectivity index (χ0) is 11.3. The maximum absolute atomic E-state index is 12.7. The van der Waals surface area contributed by atoms with Gasteiger partial charge in [-0.25, -0.2) is 4.39 Å². The molecule has 0 amide bonds. The largest absolute Gasteiger partial charge is 0.398 e. The maximum atomic E-state index is 12.7. The summed E-state index contributed by atoms with van der Waals surface area (Å²) < 4.78 is 12.7. The van der Waals surface area contributed by atoms with Crippen LogP contribution in [0, 0.1) is 11.7 Å². The number of hydrogen-bond donors (Lipinski definition) is 2. The lowest BCUT2D eigenvalue weighted by Crippen LogP contribution is -2.04. The highest BCUT2D eigenvalue weighted by molar-refractivity contribution is 7.98. The predicted molar refractivity (Wildman–Crippen MR) is 63.2 cm³/mol. The van der Waals surface area contributed by atoms with Crippen LogP contribution in [-0.4, -0.2) is 17.5 Å². The summed E-state index contributed by atoms with van der Waals surface area (Å²) in [7, 11) is 0. The van der Waals surface area contributed by atoms with Crippen LogP contribution in [0.5, 0.6) is 0 Å². The van der Waals surface area contributed by atoms with Gasteiger partial charge in [0.2, 0.25) is 0 Å². The lowest BCUT2D eigenvalue weighted by atomic mass is 10.2. The minimum absolute atomic E-state index is 0.200. The summed E-state index contributed by atoms with van der Waals surface area (Å²) in [5.74, 6) is 1.63. The van der Waals surface area contributed by atoms with Crippen LogP contribution in [0.3, 0.4) is 0 Å². The average Bonchev–Trinajstić information content (AvgIpc) is 2.21. The van der Waals surface area contributed by atoms with Crippen molar-refractivity contribution in [1.29, 1.82) is 0 Å². The third-order valence-electron chi connectivity index (χ3n) is 2.08. The molecule has 1 aromatic rings. The number of aliphatic hydroxyl groups is 1. The molecular formula is C11H16FNOS. The zero-order valence-corrected chi connectivity index (χ0v) is 9.56. The van der Waals surface area contributed by atoms with Gasteiger partial charge in [0.15, 0.2) is 0 Å². The van der Waals surface area contributed by atoms with Gasteiger partial charge in [0.1, 0.15) is 5.82 Å². The molecule has 0 heterocycles. The normalized spacial score (nSPS) is 12.7. The van der Waals surface area contributed by atoms with Gasteiger partial charge in [-0.3, -0.25) is 0 Å². The fourth-order valence-electron chi connectivity index (χ4n) is 1.12. The summed E-state index contributed by atoms with van der Waals surface area (Å²) in [5, 5.41) is 8.84. The zero-order valence-electron chi connectivity index (χ0n) is 8.74. The van der Waals surface area contributed by atoms with Gasteiger partial charge < -0.3 is 10.8 Å². The van der Waals surface area contributed by atoms with Crippen molar-refractivity contribution in [2.75, 3.05) is 18.1 Å². The highest BCUT2D eigenvalue weighted by atomic mass is 32.2. The molecule has 0 fully saturated rings. The van der Waals surface area contributed by atoms with Crippen molar-refractivity contribution >= 4 is 17.4 Å². The smallest absolute Gasteiger partial charge is 0.125 e. The second-order valence-electron chi connectivity index (χ2n) is 3.65. The van der Waals surface area contributed by atoms with Gasteiger partial charge in [0, 0.05) is 18.0 Å². The van der Waals surface area contributed by atoms with Crippen molar-refractivity contribution in [3.05, 3.63) is 29.6 Å². The maximum Gasteiger partial charge on any atom is 0.125 e.